The molecule has 1 atom stereocenters. The van der Waals surface area contributed by atoms with Gasteiger partial charge in [-0.2, -0.15) is 0 Å². The molecule has 3 N–H and O–H groups in total. The minimum absolute atomic E-state index is 0.0228. The highest BCUT2D eigenvalue weighted by atomic mass is 32.1. The van der Waals surface area contributed by atoms with Gasteiger partial charge >= 0.3 is 12.0 Å². The summed E-state index contributed by atoms with van der Waals surface area (Å²) in [6.07, 6.45) is 0. The number of carboxylic acid groups (broad SMARTS) is 1. The molecule has 0 aliphatic heterocycles. The Balaban J connectivity index is 2.42. The number of carbonyl (C=O) groups is 2. The lowest BCUT2D eigenvalue weighted by atomic mass is 9.91. The molecule has 0 spiro atoms. The zero-order chi connectivity index (χ0) is 16.0. The summed E-state index contributed by atoms with van der Waals surface area (Å²) >= 11 is 1.66. The first-order valence-corrected chi connectivity index (χ1v) is 7.90. The van der Waals surface area contributed by atoms with Crippen molar-refractivity contribution in [1.29, 1.82) is 0 Å². The number of carbonyl (C=O) groups excluding carboxylic acids is 1. The van der Waals surface area contributed by atoms with E-state index in [4.69, 9.17) is 5.11 Å². The summed E-state index contributed by atoms with van der Waals surface area (Å²) in [7, 11) is 0. The lowest BCUT2D eigenvalue weighted by Gasteiger charge is -2.24. The van der Waals surface area contributed by atoms with Gasteiger partial charge in [0.05, 0.1) is 5.92 Å². The van der Waals surface area contributed by atoms with Gasteiger partial charge in [-0.25, -0.2) is 4.79 Å². The maximum Gasteiger partial charge on any atom is 0.314 e. The first-order chi connectivity index (χ1) is 9.74. The van der Waals surface area contributed by atoms with Crippen LogP contribution in [0.1, 0.15) is 32.6 Å². The number of urea groups is 1. The van der Waals surface area contributed by atoms with Gasteiger partial charge in [0, 0.05) is 23.4 Å². The fraction of sp³-hybridized carbons (Fsp3) is 0.600. The summed E-state index contributed by atoms with van der Waals surface area (Å²) in [5, 5.41) is 16.5. The number of rotatable bonds is 7. The monoisotopic (exact) mass is 312 g/mol. The van der Waals surface area contributed by atoms with Crippen LogP contribution in [-0.2, 0) is 10.2 Å². The topological polar surface area (TPSA) is 78.4 Å². The molecule has 0 radical (unpaired) electrons. The zero-order valence-corrected chi connectivity index (χ0v) is 13.8. The molecule has 2 amide bonds. The van der Waals surface area contributed by atoms with Crippen molar-refractivity contribution in [3.63, 3.8) is 0 Å². The molecular formula is C15H24N2O3S. The standard InChI is InChI=1S/C15H24N2O3S/c1-10(2)11(13(18)19)8-16-14(20)17-9-15(3,4)12-6-5-7-21-12/h5-7,10-11H,8-9H2,1-4H3,(H,18,19)(H2,16,17,20). The third-order valence-corrected chi connectivity index (χ3v) is 4.72. The Kier molecular flexibility index (Phi) is 6.20. The highest BCUT2D eigenvalue weighted by Gasteiger charge is 2.24. The second-order valence-corrected chi connectivity index (χ2v) is 7.06. The van der Waals surface area contributed by atoms with Crippen molar-refractivity contribution < 1.29 is 14.7 Å². The van der Waals surface area contributed by atoms with Gasteiger partial charge in [-0.05, 0) is 17.4 Å². The van der Waals surface area contributed by atoms with Crippen LogP contribution < -0.4 is 10.6 Å². The first kappa shape index (κ1) is 17.5. The summed E-state index contributed by atoms with van der Waals surface area (Å²) in [6, 6.07) is 3.71. The van der Waals surface area contributed by atoms with E-state index in [0.717, 1.165) is 0 Å². The normalized spacial score (nSPS) is 13.0. The predicted molar refractivity (Wildman–Crippen MR) is 84.7 cm³/mol. The van der Waals surface area contributed by atoms with Crippen LogP contribution in [0.5, 0.6) is 0 Å². The van der Waals surface area contributed by atoms with E-state index in [1.807, 2.05) is 31.4 Å². The molecule has 1 unspecified atom stereocenters. The smallest absolute Gasteiger partial charge is 0.314 e. The molecule has 21 heavy (non-hydrogen) atoms. The summed E-state index contributed by atoms with van der Waals surface area (Å²) in [5.41, 5.74) is -0.143. The van der Waals surface area contributed by atoms with Crippen molar-refractivity contribution in [2.75, 3.05) is 13.1 Å². The van der Waals surface area contributed by atoms with Crippen LogP contribution in [0.3, 0.4) is 0 Å². The maximum atomic E-state index is 11.8. The average molecular weight is 312 g/mol. The minimum Gasteiger partial charge on any atom is -0.481 e. The van der Waals surface area contributed by atoms with Crippen molar-refractivity contribution in [2.24, 2.45) is 11.8 Å². The molecule has 0 aliphatic carbocycles. The molecule has 0 fully saturated rings. The van der Waals surface area contributed by atoms with Crippen LogP contribution in [0.15, 0.2) is 17.5 Å². The highest BCUT2D eigenvalue weighted by molar-refractivity contribution is 7.10. The second kappa shape index (κ2) is 7.45. The molecule has 1 aromatic heterocycles. The third-order valence-electron chi connectivity index (χ3n) is 3.48. The number of nitrogens with one attached hydrogen (secondary N) is 2. The largest absolute Gasteiger partial charge is 0.481 e. The van der Waals surface area contributed by atoms with Crippen molar-refractivity contribution in [3.8, 4) is 0 Å². The van der Waals surface area contributed by atoms with Gasteiger partial charge in [-0.3, -0.25) is 4.79 Å². The number of aliphatic carboxylic acids is 1. The van der Waals surface area contributed by atoms with Gasteiger partial charge in [0.2, 0.25) is 0 Å². The van der Waals surface area contributed by atoms with E-state index in [1.54, 1.807) is 11.3 Å². The molecule has 6 heteroatoms. The SMILES string of the molecule is CC(C)C(CNC(=O)NCC(C)(C)c1cccs1)C(=O)O. The lowest BCUT2D eigenvalue weighted by molar-refractivity contribution is -0.142. The van der Waals surface area contributed by atoms with Crippen LogP contribution in [0.2, 0.25) is 0 Å². The quantitative estimate of drug-likeness (QED) is 0.724. The van der Waals surface area contributed by atoms with Gasteiger partial charge in [-0.1, -0.05) is 33.8 Å². The van der Waals surface area contributed by atoms with E-state index in [-0.39, 0.29) is 23.9 Å². The molecule has 0 aromatic carbocycles. The molecular weight excluding hydrogens is 288 g/mol. The fourth-order valence-corrected chi connectivity index (χ4v) is 2.78. The minimum atomic E-state index is -0.885. The Labute approximate surface area is 129 Å². The third kappa shape index (κ3) is 5.38. The number of carboxylic acids is 1. The molecule has 0 aliphatic rings. The van der Waals surface area contributed by atoms with Gasteiger partial charge in [-0.15, -0.1) is 11.3 Å². The Hall–Kier alpha value is -1.56. The van der Waals surface area contributed by atoms with Crippen LogP contribution in [0.25, 0.3) is 0 Å². The van der Waals surface area contributed by atoms with Gasteiger partial charge in [0.1, 0.15) is 0 Å². The number of hydrogen-bond donors (Lipinski definition) is 3. The van der Waals surface area contributed by atoms with E-state index in [2.05, 4.69) is 24.5 Å². The van der Waals surface area contributed by atoms with Gasteiger partial charge in [0.15, 0.2) is 0 Å². The molecule has 0 saturated heterocycles. The van der Waals surface area contributed by atoms with Crippen LogP contribution in [-0.4, -0.2) is 30.2 Å². The van der Waals surface area contributed by atoms with Crippen LogP contribution >= 0.6 is 11.3 Å². The van der Waals surface area contributed by atoms with Gasteiger partial charge in [0.25, 0.3) is 0 Å². The predicted octanol–water partition coefficient (Wildman–Crippen LogP) is 2.68. The summed E-state index contributed by atoms with van der Waals surface area (Å²) in [4.78, 5) is 24.1. The number of hydrogen-bond acceptors (Lipinski definition) is 3. The zero-order valence-electron chi connectivity index (χ0n) is 13.0. The molecule has 1 rings (SSSR count). The van der Waals surface area contributed by atoms with Gasteiger partial charge < -0.3 is 15.7 Å². The van der Waals surface area contributed by atoms with Crippen molar-refractivity contribution in [2.45, 2.75) is 33.1 Å². The molecule has 1 heterocycles. The Morgan fingerprint density at radius 2 is 2.00 bits per heavy atom. The van der Waals surface area contributed by atoms with Crippen molar-refractivity contribution in [1.82, 2.24) is 10.6 Å². The van der Waals surface area contributed by atoms with E-state index in [0.29, 0.717) is 6.54 Å². The number of amides is 2. The van der Waals surface area contributed by atoms with E-state index in [9.17, 15) is 9.59 Å². The summed E-state index contributed by atoms with van der Waals surface area (Å²) in [6.45, 7) is 8.42. The lowest BCUT2D eigenvalue weighted by Crippen LogP contribution is -2.45. The summed E-state index contributed by atoms with van der Waals surface area (Å²) in [5.74, 6) is -1.48. The van der Waals surface area contributed by atoms with E-state index < -0.39 is 11.9 Å². The maximum absolute atomic E-state index is 11.8. The van der Waals surface area contributed by atoms with Crippen molar-refractivity contribution >= 4 is 23.3 Å². The average Bonchev–Trinajstić information content (AvgIpc) is 2.90. The van der Waals surface area contributed by atoms with E-state index in [1.165, 1.54) is 4.88 Å². The summed E-state index contributed by atoms with van der Waals surface area (Å²) < 4.78 is 0. The molecule has 118 valence electrons. The van der Waals surface area contributed by atoms with Crippen molar-refractivity contribution in [3.05, 3.63) is 22.4 Å². The van der Waals surface area contributed by atoms with Crippen LogP contribution in [0, 0.1) is 11.8 Å². The van der Waals surface area contributed by atoms with Crippen LogP contribution in [0.4, 0.5) is 4.79 Å². The Bertz CT molecular complexity index is 469. The fourth-order valence-electron chi connectivity index (χ4n) is 1.93. The number of thiophene rings is 1. The molecule has 0 bridgehead atoms. The van der Waals surface area contributed by atoms with E-state index >= 15 is 0 Å². The molecule has 5 nitrogen and oxygen atoms in total. The highest BCUT2D eigenvalue weighted by Crippen LogP contribution is 2.26. The first-order valence-electron chi connectivity index (χ1n) is 7.02. The second-order valence-electron chi connectivity index (χ2n) is 6.11. The Morgan fingerprint density at radius 3 is 2.48 bits per heavy atom. The molecule has 0 saturated carbocycles. The Morgan fingerprint density at radius 1 is 1.33 bits per heavy atom. The molecule has 1 aromatic rings.